The molecular formula is C22H24FN3O3S. The summed E-state index contributed by atoms with van der Waals surface area (Å²) in [6, 6.07) is 13.7. The molecule has 0 radical (unpaired) electrons. The summed E-state index contributed by atoms with van der Waals surface area (Å²) in [7, 11) is 3.25. The number of nitrogens with zero attached hydrogens (tertiary/aromatic N) is 1. The van der Waals surface area contributed by atoms with E-state index in [1.807, 2.05) is 24.3 Å². The van der Waals surface area contributed by atoms with Crippen molar-refractivity contribution in [3.8, 4) is 28.4 Å². The average molecular weight is 430 g/mol. The molecule has 30 heavy (non-hydrogen) atoms. The van der Waals surface area contributed by atoms with E-state index in [-0.39, 0.29) is 17.5 Å². The van der Waals surface area contributed by atoms with E-state index < -0.39 is 0 Å². The first-order chi connectivity index (χ1) is 14.6. The maximum atomic E-state index is 13.4. The second kappa shape index (κ2) is 10.8. The normalized spacial score (nSPS) is 10.8. The molecular weight excluding hydrogens is 405 g/mol. The Balaban J connectivity index is 1.79. The number of hydrogen-bond donors (Lipinski definition) is 2. The first kappa shape index (κ1) is 21.9. The summed E-state index contributed by atoms with van der Waals surface area (Å²) >= 11 is 1.34. The molecule has 0 aliphatic carbocycles. The van der Waals surface area contributed by atoms with Crippen molar-refractivity contribution in [3.05, 3.63) is 54.3 Å². The predicted octanol–water partition coefficient (Wildman–Crippen LogP) is 4.14. The molecule has 2 aromatic carbocycles. The van der Waals surface area contributed by atoms with Gasteiger partial charge in [-0.3, -0.25) is 4.79 Å². The van der Waals surface area contributed by atoms with Gasteiger partial charge in [-0.1, -0.05) is 11.8 Å². The predicted molar refractivity (Wildman–Crippen MR) is 116 cm³/mol. The third-order valence-electron chi connectivity index (χ3n) is 4.35. The molecule has 0 atom stereocenters. The van der Waals surface area contributed by atoms with E-state index in [1.54, 1.807) is 26.4 Å². The lowest BCUT2D eigenvalue weighted by molar-refractivity contribution is -0.118. The molecule has 3 rings (SSSR count). The van der Waals surface area contributed by atoms with E-state index in [9.17, 15) is 9.18 Å². The van der Waals surface area contributed by atoms with Crippen LogP contribution in [0, 0.1) is 5.82 Å². The molecule has 2 N–H and O–H groups in total. The SMILES string of the molecule is COCCCNC(=O)CSc1nc(-c2ccc(OC)cc2)[nH]c1-c1ccc(F)cc1. The molecule has 8 heteroatoms. The van der Waals surface area contributed by atoms with Crippen LogP contribution in [0.1, 0.15) is 6.42 Å². The minimum Gasteiger partial charge on any atom is -0.497 e. The van der Waals surface area contributed by atoms with Crippen molar-refractivity contribution in [2.24, 2.45) is 0 Å². The summed E-state index contributed by atoms with van der Waals surface area (Å²) in [6.45, 7) is 1.17. The second-order valence-electron chi connectivity index (χ2n) is 6.49. The van der Waals surface area contributed by atoms with E-state index >= 15 is 0 Å². The molecule has 0 saturated heterocycles. The van der Waals surface area contributed by atoms with Crippen LogP contribution in [0.2, 0.25) is 0 Å². The fourth-order valence-electron chi connectivity index (χ4n) is 2.79. The second-order valence-corrected chi connectivity index (χ2v) is 7.45. The summed E-state index contributed by atoms with van der Waals surface area (Å²) < 4.78 is 23.6. The molecule has 0 unspecified atom stereocenters. The Morgan fingerprint density at radius 1 is 1.10 bits per heavy atom. The summed E-state index contributed by atoms with van der Waals surface area (Å²) in [5.74, 6) is 1.27. The minimum atomic E-state index is -0.307. The summed E-state index contributed by atoms with van der Waals surface area (Å²) in [5, 5.41) is 3.54. The molecule has 0 aliphatic rings. The van der Waals surface area contributed by atoms with Crippen LogP contribution >= 0.6 is 11.8 Å². The zero-order valence-corrected chi connectivity index (χ0v) is 17.7. The number of H-pyrrole nitrogens is 1. The molecule has 1 heterocycles. The fraction of sp³-hybridized carbons (Fsp3) is 0.273. The maximum Gasteiger partial charge on any atom is 0.230 e. The van der Waals surface area contributed by atoms with E-state index in [4.69, 9.17) is 9.47 Å². The zero-order chi connectivity index (χ0) is 21.3. The van der Waals surface area contributed by atoms with E-state index in [2.05, 4.69) is 15.3 Å². The van der Waals surface area contributed by atoms with Gasteiger partial charge in [0, 0.05) is 31.4 Å². The monoisotopic (exact) mass is 429 g/mol. The van der Waals surface area contributed by atoms with Crippen LogP contribution in [-0.2, 0) is 9.53 Å². The number of carbonyl (C=O) groups is 1. The van der Waals surface area contributed by atoms with Crippen molar-refractivity contribution in [1.29, 1.82) is 0 Å². The molecule has 0 aliphatic heterocycles. The number of amides is 1. The van der Waals surface area contributed by atoms with E-state index in [0.717, 1.165) is 29.0 Å². The van der Waals surface area contributed by atoms with Crippen LogP contribution in [0.5, 0.6) is 5.75 Å². The molecule has 6 nitrogen and oxygen atoms in total. The van der Waals surface area contributed by atoms with Gasteiger partial charge in [-0.15, -0.1) is 0 Å². The van der Waals surface area contributed by atoms with Crippen LogP contribution < -0.4 is 10.1 Å². The van der Waals surface area contributed by atoms with Crippen LogP contribution in [0.4, 0.5) is 4.39 Å². The van der Waals surface area contributed by atoms with Crippen LogP contribution in [0.3, 0.4) is 0 Å². The van der Waals surface area contributed by atoms with Gasteiger partial charge in [0.1, 0.15) is 22.4 Å². The Bertz CT molecular complexity index is 959. The molecule has 1 amide bonds. The minimum absolute atomic E-state index is 0.0739. The van der Waals surface area contributed by atoms with Crippen molar-refractivity contribution in [1.82, 2.24) is 15.3 Å². The van der Waals surface area contributed by atoms with Crippen LogP contribution in [0.15, 0.2) is 53.6 Å². The Morgan fingerprint density at radius 3 is 2.47 bits per heavy atom. The standard InChI is InChI=1S/C22H24FN3O3S/c1-28-13-3-12-24-19(27)14-30-22-20(15-4-8-17(23)9-5-15)25-21(26-22)16-6-10-18(29-2)11-7-16/h4-11H,3,12-14H2,1-2H3,(H,24,27)(H,25,26). The molecule has 3 aromatic rings. The van der Waals surface area contributed by atoms with Crippen molar-refractivity contribution >= 4 is 17.7 Å². The highest BCUT2D eigenvalue weighted by molar-refractivity contribution is 8.00. The number of nitrogens with one attached hydrogen (secondary N) is 2. The molecule has 0 bridgehead atoms. The Labute approximate surface area is 179 Å². The highest BCUT2D eigenvalue weighted by Gasteiger charge is 2.16. The lowest BCUT2D eigenvalue weighted by Gasteiger charge is -2.05. The fourth-order valence-corrected chi connectivity index (χ4v) is 3.63. The number of aromatic amines is 1. The Kier molecular flexibility index (Phi) is 7.87. The van der Waals surface area contributed by atoms with Gasteiger partial charge in [0.15, 0.2) is 0 Å². The quantitative estimate of drug-likeness (QED) is 0.374. The van der Waals surface area contributed by atoms with Gasteiger partial charge < -0.3 is 19.8 Å². The number of methoxy groups -OCH3 is 2. The lowest BCUT2D eigenvalue weighted by Crippen LogP contribution is -2.26. The smallest absolute Gasteiger partial charge is 0.230 e. The van der Waals surface area contributed by atoms with Crippen molar-refractivity contribution in [2.45, 2.75) is 11.4 Å². The van der Waals surface area contributed by atoms with Gasteiger partial charge >= 0.3 is 0 Å². The summed E-state index contributed by atoms with van der Waals surface area (Å²) in [6.07, 6.45) is 0.762. The maximum absolute atomic E-state index is 13.4. The summed E-state index contributed by atoms with van der Waals surface area (Å²) in [5.41, 5.74) is 2.43. The summed E-state index contributed by atoms with van der Waals surface area (Å²) in [4.78, 5) is 20.1. The van der Waals surface area contributed by atoms with Crippen LogP contribution in [-0.4, -0.2) is 49.0 Å². The lowest BCUT2D eigenvalue weighted by atomic mass is 10.2. The number of carbonyl (C=O) groups excluding carboxylic acids is 1. The third kappa shape index (κ3) is 5.84. The Morgan fingerprint density at radius 2 is 1.80 bits per heavy atom. The topological polar surface area (TPSA) is 76.2 Å². The largest absolute Gasteiger partial charge is 0.497 e. The van der Waals surface area contributed by atoms with Gasteiger partial charge in [-0.25, -0.2) is 9.37 Å². The first-order valence-electron chi connectivity index (χ1n) is 9.49. The van der Waals surface area contributed by atoms with Gasteiger partial charge in [-0.2, -0.15) is 0 Å². The van der Waals surface area contributed by atoms with Gasteiger partial charge in [0.2, 0.25) is 5.91 Å². The first-order valence-corrected chi connectivity index (χ1v) is 10.5. The molecule has 0 saturated carbocycles. The number of halogens is 1. The molecule has 158 valence electrons. The van der Waals surface area contributed by atoms with Gasteiger partial charge in [0.05, 0.1) is 18.6 Å². The number of imidazole rings is 1. The molecule has 0 spiro atoms. The number of thioether (sulfide) groups is 1. The van der Waals surface area contributed by atoms with E-state index in [1.165, 1.54) is 23.9 Å². The Hall–Kier alpha value is -2.84. The third-order valence-corrected chi connectivity index (χ3v) is 5.33. The zero-order valence-electron chi connectivity index (χ0n) is 16.9. The molecule has 1 aromatic heterocycles. The number of ether oxygens (including phenoxy) is 2. The van der Waals surface area contributed by atoms with Crippen molar-refractivity contribution in [2.75, 3.05) is 33.1 Å². The number of rotatable bonds is 10. The van der Waals surface area contributed by atoms with Gasteiger partial charge in [0.25, 0.3) is 0 Å². The van der Waals surface area contributed by atoms with Crippen molar-refractivity contribution in [3.63, 3.8) is 0 Å². The van der Waals surface area contributed by atoms with Crippen LogP contribution in [0.25, 0.3) is 22.6 Å². The average Bonchev–Trinajstić information content (AvgIpc) is 3.20. The van der Waals surface area contributed by atoms with E-state index in [0.29, 0.717) is 24.0 Å². The number of aromatic nitrogens is 2. The highest BCUT2D eigenvalue weighted by atomic mass is 32.2. The molecule has 0 fully saturated rings. The highest BCUT2D eigenvalue weighted by Crippen LogP contribution is 2.33. The number of benzene rings is 2. The van der Waals surface area contributed by atoms with Crippen molar-refractivity contribution < 1.29 is 18.7 Å². The number of hydrogen-bond acceptors (Lipinski definition) is 5. The van der Waals surface area contributed by atoms with Gasteiger partial charge in [-0.05, 0) is 55.0 Å².